The van der Waals surface area contributed by atoms with Crippen molar-refractivity contribution in [3.05, 3.63) is 22.2 Å². The number of carbonyl (C=O) groups is 1. The molecule has 2 atom stereocenters. The fraction of sp³-hybridized carbons (Fsp3) is 0.500. The predicted octanol–water partition coefficient (Wildman–Crippen LogP) is 2.78. The molecule has 0 aliphatic heterocycles. The van der Waals surface area contributed by atoms with Gasteiger partial charge in [0.15, 0.2) is 5.78 Å². The number of ketones is 1. The van der Waals surface area contributed by atoms with Crippen LogP contribution in [0.1, 0.15) is 29.6 Å². The summed E-state index contributed by atoms with van der Waals surface area (Å²) in [6.45, 7) is 0. The number of Topliss-reactive ketones (excluding diaryl/α,β-unsaturated/α-hetero) is 1. The molecule has 2 unspecified atom stereocenters. The summed E-state index contributed by atoms with van der Waals surface area (Å²) >= 11 is 3.41. The minimum Gasteiger partial charge on any atom is -0.495 e. The van der Waals surface area contributed by atoms with Crippen LogP contribution < -0.4 is 15.2 Å². The molecule has 1 saturated carbocycles. The van der Waals surface area contributed by atoms with Gasteiger partial charge in [-0.05, 0) is 40.9 Å². The van der Waals surface area contributed by atoms with E-state index in [-0.39, 0.29) is 17.7 Å². The van der Waals surface area contributed by atoms with Crippen molar-refractivity contribution in [2.45, 2.75) is 25.3 Å². The Morgan fingerprint density at radius 2 is 2.05 bits per heavy atom. The first-order chi connectivity index (χ1) is 9.10. The van der Waals surface area contributed by atoms with Crippen LogP contribution in [0.3, 0.4) is 0 Å². The Morgan fingerprint density at radius 3 is 2.58 bits per heavy atom. The van der Waals surface area contributed by atoms with E-state index in [4.69, 9.17) is 15.2 Å². The number of methoxy groups -OCH3 is 2. The molecule has 4 nitrogen and oxygen atoms in total. The first-order valence-electron chi connectivity index (χ1n) is 6.30. The summed E-state index contributed by atoms with van der Waals surface area (Å²) in [5.74, 6) is 1.12. The standard InChI is InChI=1S/C14H18BrNO3/c1-18-11-7-6-9(14(19-2)12(11)15)13(17)8-4-3-5-10(8)16/h6-8,10H,3-5,16H2,1-2H3. The van der Waals surface area contributed by atoms with E-state index < -0.39 is 0 Å². The van der Waals surface area contributed by atoms with Crippen LogP contribution in [0.25, 0.3) is 0 Å². The normalized spacial score (nSPS) is 22.3. The molecule has 0 amide bonds. The molecule has 0 aromatic heterocycles. The quantitative estimate of drug-likeness (QED) is 0.864. The van der Waals surface area contributed by atoms with Crippen molar-refractivity contribution in [2.24, 2.45) is 11.7 Å². The summed E-state index contributed by atoms with van der Waals surface area (Å²) in [6, 6.07) is 3.47. The molecule has 0 bridgehead atoms. The third-order valence-corrected chi connectivity index (χ3v) is 4.41. The van der Waals surface area contributed by atoms with Gasteiger partial charge in [0.2, 0.25) is 0 Å². The summed E-state index contributed by atoms with van der Waals surface area (Å²) in [6.07, 6.45) is 2.78. The molecule has 2 N–H and O–H groups in total. The molecule has 2 rings (SSSR count). The second kappa shape index (κ2) is 5.92. The van der Waals surface area contributed by atoms with E-state index in [0.717, 1.165) is 19.3 Å². The minimum absolute atomic E-state index is 0.0434. The van der Waals surface area contributed by atoms with Crippen LogP contribution >= 0.6 is 15.9 Å². The third kappa shape index (κ3) is 2.62. The van der Waals surface area contributed by atoms with Crippen molar-refractivity contribution in [1.29, 1.82) is 0 Å². The number of rotatable bonds is 4. The van der Waals surface area contributed by atoms with E-state index in [0.29, 0.717) is 21.5 Å². The molecule has 1 aliphatic rings. The topological polar surface area (TPSA) is 61.5 Å². The van der Waals surface area contributed by atoms with Gasteiger partial charge in [0.05, 0.1) is 19.8 Å². The summed E-state index contributed by atoms with van der Waals surface area (Å²) in [5.41, 5.74) is 6.57. The number of benzene rings is 1. The highest BCUT2D eigenvalue weighted by Gasteiger charge is 2.33. The first-order valence-corrected chi connectivity index (χ1v) is 7.09. The number of hydrogen-bond donors (Lipinski definition) is 1. The van der Waals surface area contributed by atoms with E-state index in [1.165, 1.54) is 0 Å². The molecule has 0 spiro atoms. The Hall–Kier alpha value is -1.07. The lowest BCUT2D eigenvalue weighted by atomic mass is 9.93. The van der Waals surface area contributed by atoms with Crippen LogP contribution in [-0.4, -0.2) is 26.0 Å². The van der Waals surface area contributed by atoms with E-state index in [9.17, 15) is 4.79 Å². The zero-order valence-corrected chi connectivity index (χ0v) is 12.7. The van der Waals surface area contributed by atoms with Crippen LogP contribution in [0.5, 0.6) is 11.5 Å². The van der Waals surface area contributed by atoms with Crippen LogP contribution in [0.2, 0.25) is 0 Å². The van der Waals surface area contributed by atoms with Crippen LogP contribution in [-0.2, 0) is 0 Å². The average molecular weight is 328 g/mol. The highest BCUT2D eigenvalue weighted by atomic mass is 79.9. The largest absolute Gasteiger partial charge is 0.495 e. The summed E-state index contributed by atoms with van der Waals surface area (Å²) in [4.78, 5) is 12.6. The smallest absolute Gasteiger partial charge is 0.171 e. The summed E-state index contributed by atoms with van der Waals surface area (Å²) < 4.78 is 11.2. The molecule has 104 valence electrons. The van der Waals surface area contributed by atoms with Crippen molar-refractivity contribution < 1.29 is 14.3 Å². The summed E-state index contributed by atoms with van der Waals surface area (Å²) in [5, 5.41) is 0. The van der Waals surface area contributed by atoms with E-state index in [1.54, 1.807) is 26.4 Å². The Bertz CT molecular complexity index is 490. The Balaban J connectivity index is 2.39. The second-order valence-corrected chi connectivity index (χ2v) is 5.52. The second-order valence-electron chi connectivity index (χ2n) is 4.73. The maximum atomic E-state index is 12.6. The molecule has 1 aliphatic carbocycles. The van der Waals surface area contributed by atoms with Crippen molar-refractivity contribution in [2.75, 3.05) is 14.2 Å². The number of ether oxygens (including phenoxy) is 2. The van der Waals surface area contributed by atoms with Gasteiger partial charge in [-0.25, -0.2) is 0 Å². The van der Waals surface area contributed by atoms with E-state index >= 15 is 0 Å². The number of nitrogens with two attached hydrogens (primary N) is 1. The van der Waals surface area contributed by atoms with Gasteiger partial charge < -0.3 is 15.2 Å². The Labute approximate surface area is 121 Å². The minimum atomic E-state index is -0.103. The van der Waals surface area contributed by atoms with Gasteiger partial charge in [-0.1, -0.05) is 6.42 Å². The number of halogens is 1. The molecular formula is C14H18BrNO3. The van der Waals surface area contributed by atoms with E-state index in [1.807, 2.05) is 0 Å². The van der Waals surface area contributed by atoms with Crippen molar-refractivity contribution in [1.82, 2.24) is 0 Å². The molecule has 5 heteroatoms. The zero-order valence-electron chi connectivity index (χ0n) is 11.1. The molecule has 0 saturated heterocycles. The Kier molecular flexibility index (Phi) is 4.47. The highest BCUT2D eigenvalue weighted by molar-refractivity contribution is 9.10. The molecule has 19 heavy (non-hydrogen) atoms. The molecule has 0 radical (unpaired) electrons. The van der Waals surface area contributed by atoms with Gasteiger partial charge in [0.25, 0.3) is 0 Å². The van der Waals surface area contributed by atoms with Crippen LogP contribution in [0, 0.1) is 5.92 Å². The predicted molar refractivity (Wildman–Crippen MR) is 76.9 cm³/mol. The highest BCUT2D eigenvalue weighted by Crippen LogP contribution is 2.39. The van der Waals surface area contributed by atoms with Gasteiger partial charge >= 0.3 is 0 Å². The van der Waals surface area contributed by atoms with Gasteiger partial charge in [0, 0.05) is 12.0 Å². The van der Waals surface area contributed by atoms with Crippen molar-refractivity contribution >= 4 is 21.7 Å². The molecule has 1 aromatic rings. The maximum absolute atomic E-state index is 12.6. The molecule has 1 fully saturated rings. The molecular weight excluding hydrogens is 310 g/mol. The SMILES string of the molecule is COc1ccc(C(=O)C2CCCC2N)c(OC)c1Br. The van der Waals surface area contributed by atoms with Crippen LogP contribution in [0.15, 0.2) is 16.6 Å². The van der Waals surface area contributed by atoms with Gasteiger partial charge in [-0.15, -0.1) is 0 Å². The monoisotopic (exact) mass is 327 g/mol. The first kappa shape index (κ1) is 14.3. The molecule has 1 aromatic carbocycles. The Morgan fingerprint density at radius 1 is 1.32 bits per heavy atom. The average Bonchev–Trinajstić information content (AvgIpc) is 2.83. The van der Waals surface area contributed by atoms with Crippen LogP contribution in [0.4, 0.5) is 0 Å². The maximum Gasteiger partial charge on any atom is 0.171 e. The molecule has 0 heterocycles. The lowest BCUT2D eigenvalue weighted by molar-refractivity contribution is 0.0910. The number of hydrogen-bond acceptors (Lipinski definition) is 4. The number of carbonyl (C=O) groups excluding carboxylic acids is 1. The van der Waals surface area contributed by atoms with E-state index in [2.05, 4.69) is 15.9 Å². The fourth-order valence-electron chi connectivity index (χ4n) is 2.60. The van der Waals surface area contributed by atoms with Crippen molar-refractivity contribution in [3.8, 4) is 11.5 Å². The summed E-state index contributed by atoms with van der Waals surface area (Å²) in [7, 11) is 3.12. The van der Waals surface area contributed by atoms with Gasteiger partial charge in [0.1, 0.15) is 16.0 Å². The third-order valence-electron chi connectivity index (χ3n) is 3.66. The lowest BCUT2D eigenvalue weighted by Gasteiger charge is -2.17. The fourth-order valence-corrected chi connectivity index (χ4v) is 3.27. The van der Waals surface area contributed by atoms with Gasteiger partial charge in [-0.3, -0.25) is 4.79 Å². The lowest BCUT2D eigenvalue weighted by Crippen LogP contribution is -2.30. The van der Waals surface area contributed by atoms with Gasteiger partial charge in [-0.2, -0.15) is 0 Å². The van der Waals surface area contributed by atoms with Crippen molar-refractivity contribution in [3.63, 3.8) is 0 Å². The zero-order chi connectivity index (χ0) is 14.0.